The second-order valence-electron chi connectivity index (χ2n) is 6.74. The van der Waals surface area contributed by atoms with E-state index in [1.807, 2.05) is 6.07 Å². The molecule has 30 heavy (non-hydrogen) atoms. The van der Waals surface area contributed by atoms with Crippen molar-refractivity contribution in [3.05, 3.63) is 58.1 Å². The van der Waals surface area contributed by atoms with Gasteiger partial charge in [0, 0.05) is 34.3 Å². The maximum Gasteiger partial charge on any atom is 0.255 e. The number of hydrogen-bond donors (Lipinski definition) is 3. The third-order valence-electron chi connectivity index (χ3n) is 3.96. The predicted octanol–water partition coefficient (Wildman–Crippen LogP) is 2.60. The number of anilines is 1. The molecular formula is C21H21ClN4O4. The lowest BCUT2D eigenvalue weighted by molar-refractivity contribution is -0.120. The molecule has 9 heteroatoms. The summed E-state index contributed by atoms with van der Waals surface area (Å²) in [6.45, 7) is 3.22. The zero-order chi connectivity index (χ0) is 22.3. The highest BCUT2D eigenvalue weighted by Gasteiger charge is 2.13. The number of nitriles is 1. The third-order valence-corrected chi connectivity index (χ3v) is 4.18. The standard InChI is InChI=1S/C21H21ClN4O4/c1-12(2)20(28)26-17-7-15(6-16(22)8-17)21(29)25-10-14-4-3-13(9-23)5-18(14)30-11-19(24)27/h3-8,12H,10-11H2,1-2H3,(H2,24,27)(H,25,29)(H,26,28). The van der Waals surface area contributed by atoms with Gasteiger partial charge in [0.05, 0.1) is 11.6 Å². The predicted molar refractivity (Wildman–Crippen MR) is 112 cm³/mol. The number of benzene rings is 2. The van der Waals surface area contributed by atoms with Gasteiger partial charge < -0.3 is 21.1 Å². The molecule has 0 aliphatic heterocycles. The fourth-order valence-electron chi connectivity index (χ4n) is 2.41. The molecule has 2 rings (SSSR count). The van der Waals surface area contributed by atoms with E-state index in [0.29, 0.717) is 21.8 Å². The number of halogens is 1. The number of primary amides is 1. The number of carbonyl (C=O) groups is 3. The molecule has 8 nitrogen and oxygen atoms in total. The van der Waals surface area contributed by atoms with Gasteiger partial charge >= 0.3 is 0 Å². The number of carbonyl (C=O) groups excluding carboxylic acids is 3. The Hall–Kier alpha value is -3.57. The Labute approximate surface area is 179 Å². The minimum absolute atomic E-state index is 0.0683. The van der Waals surface area contributed by atoms with Crippen LogP contribution in [0.15, 0.2) is 36.4 Å². The van der Waals surface area contributed by atoms with Crippen LogP contribution >= 0.6 is 11.6 Å². The highest BCUT2D eigenvalue weighted by molar-refractivity contribution is 6.31. The Morgan fingerprint density at radius 2 is 1.93 bits per heavy atom. The lowest BCUT2D eigenvalue weighted by atomic mass is 10.1. The van der Waals surface area contributed by atoms with E-state index in [1.54, 1.807) is 32.0 Å². The van der Waals surface area contributed by atoms with Gasteiger partial charge in [-0.1, -0.05) is 31.5 Å². The van der Waals surface area contributed by atoms with Crippen LogP contribution in [0.3, 0.4) is 0 Å². The first-order valence-corrected chi connectivity index (χ1v) is 9.41. The van der Waals surface area contributed by atoms with Crippen LogP contribution in [0.25, 0.3) is 0 Å². The summed E-state index contributed by atoms with van der Waals surface area (Å²) in [7, 11) is 0. The van der Waals surface area contributed by atoms with Gasteiger partial charge in [0.25, 0.3) is 11.8 Å². The van der Waals surface area contributed by atoms with Gasteiger partial charge in [-0.2, -0.15) is 5.26 Å². The number of nitrogens with two attached hydrogens (primary N) is 1. The minimum atomic E-state index is -0.665. The van der Waals surface area contributed by atoms with E-state index in [9.17, 15) is 14.4 Å². The molecule has 0 unspecified atom stereocenters. The Morgan fingerprint density at radius 1 is 1.20 bits per heavy atom. The third kappa shape index (κ3) is 6.50. The molecular weight excluding hydrogens is 408 g/mol. The van der Waals surface area contributed by atoms with Gasteiger partial charge in [0.1, 0.15) is 5.75 Å². The molecule has 0 heterocycles. The van der Waals surface area contributed by atoms with Gasteiger partial charge in [0.2, 0.25) is 5.91 Å². The van der Waals surface area contributed by atoms with Crippen molar-refractivity contribution >= 4 is 35.0 Å². The van der Waals surface area contributed by atoms with Gasteiger partial charge in [-0.15, -0.1) is 0 Å². The van der Waals surface area contributed by atoms with Crippen LogP contribution < -0.4 is 21.1 Å². The van der Waals surface area contributed by atoms with Crippen molar-refractivity contribution in [1.82, 2.24) is 5.32 Å². The Balaban J connectivity index is 2.15. The first-order valence-electron chi connectivity index (χ1n) is 9.03. The highest BCUT2D eigenvalue weighted by atomic mass is 35.5. The van der Waals surface area contributed by atoms with Crippen LogP contribution in [0, 0.1) is 17.2 Å². The fourth-order valence-corrected chi connectivity index (χ4v) is 2.65. The van der Waals surface area contributed by atoms with Gasteiger partial charge in [0.15, 0.2) is 6.61 Å². The number of amides is 3. The number of nitrogens with zero attached hydrogens (tertiary/aromatic N) is 1. The lowest BCUT2D eigenvalue weighted by Gasteiger charge is -2.13. The molecule has 4 N–H and O–H groups in total. The van der Waals surface area contributed by atoms with E-state index in [1.165, 1.54) is 18.2 Å². The van der Waals surface area contributed by atoms with Crippen molar-refractivity contribution in [3.63, 3.8) is 0 Å². The Bertz CT molecular complexity index is 1010. The fraction of sp³-hybridized carbons (Fsp3) is 0.238. The van der Waals surface area contributed by atoms with Crippen LogP contribution in [0.5, 0.6) is 5.75 Å². The molecule has 0 spiro atoms. The normalized spacial score (nSPS) is 10.2. The quantitative estimate of drug-likeness (QED) is 0.594. The van der Waals surface area contributed by atoms with Crippen molar-refractivity contribution < 1.29 is 19.1 Å². The van der Waals surface area contributed by atoms with E-state index in [-0.39, 0.29) is 36.3 Å². The molecule has 3 amide bonds. The van der Waals surface area contributed by atoms with Crippen molar-refractivity contribution in [2.24, 2.45) is 11.7 Å². The smallest absolute Gasteiger partial charge is 0.255 e. The number of ether oxygens (including phenoxy) is 1. The zero-order valence-corrected chi connectivity index (χ0v) is 17.2. The maximum absolute atomic E-state index is 12.6. The molecule has 0 saturated heterocycles. The zero-order valence-electron chi connectivity index (χ0n) is 16.5. The van der Waals surface area contributed by atoms with Crippen molar-refractivity contribution in [2.75, 3.05) is 11.9 Å². The van der Waals surface area contributed by atoms with Crippen LogP contribution in [0.1, 0.15) is 35.3 Å². The molecule has 0 radical (unpaired) electrons. The Kier molecular flexibility index (Phi) is 7.78. The van der Waals surface area contributed by atoms with E-state index in [0.717, 1.165) is 0 Å². The van der Waals surface area contributed by atoms with E-state index in [4.69, 9.17) is 27.3 Å². The lowest BCUT2D eigenvalue weighted by Crippen LogP contribution is -2.24. The van der Waals surface area contributed by atoms with Gasteiger partial charge in [-0.05, 0) is 30.3 Å². The summed E-state index contributed by atoms with van der Waals surface area (Å²) in [6.07, 6.45) is 0. The molecule has 0 bridgehead atoms. The summed E-state index contributed by atoms with van der Waals surface area (Å²) < 4.78 is 5.34. The van der Waals surface area contributed by atoms with Crippen LogP contribution in [0.2, 0.25) is 5.02 Å². The van der Waals surface area contributed by atoms with Crippen LogP contribution in [-0.4, -0.2) is 24.3 Å². The SMILES string of the molecule is CC(C)C(=O)Nc1cc(Cl)cc(C(=O)NCc2ccc(C#N)cc2OCC(N)=O)c1. The minimum Gasteiger partial charge on any atom is -0.483 e. The maximum atomic E-state index is 12.6. The molecule has 0 atom stereocenters. The second kappa shape index (κ2) is 10.3. The average molecular weight is 429 g/mol. The molecule has 0 aromatic heterocycles. The summed E-state index contributed by atoms with van der Waals surface area (Å²) in [5.41, 5.74) is 6.66. The Morgan fingerprint density at radius 3 is 2.57 bits per heavy atom. The second-order valence-corrected chi connectivity index (χ2v) is 7.18. The highest BCUT2D eigenvalue weighted by Crippen LogP contribution is 2.22. The summed E-state index contributed by atoms with van der Waals surface area (Å²) in [5.74, 6) is -1.25. The number of nitrogens with one attached hydrogen (secondary N) is 2. The van der Waals surface area contributed by atoms with E-state index in [2.05, 4.69) is 10.6 Å². The first kappa shape index (κ1) is 22.7. The number of hydrogen-bond acceptors (Lipinski definition) is 5. The van der Waals surface area contributed by atoms with Gasteiger partial charge in [-0.3, -0.25) is 14.4 Å². The average Bonchev–Trinajstić information content (AvgIpc) is 2.70. The monoisotopic (exact) mass is 428 g/mol. The molecule has 0 fully saturated rings. The molecule has 2 aromatic carbocycles. The van der Waals surface area contributed by atoms with Crippen molar-refractivity contribution in [1.29, 1.82) is 5.26 Å². The summed E-state index contributed by atoms with van der Waals surface area (Å²) in [6, 6.07) is 11.2. The van der Waals surface area contributed by atoms with E-state index >= 15 is 0 Å². The first-order chi connectivity index (χ1) is 14.2. The molecule has 156 valence electrons. The number of rotatable bonds is 8. The summed E-state index contributed by atoms with van der Waals surface area (Å²) in [5, 5.41) is 14.8. The van der Waals surface area contributed by atoms with Crippen LogP contribution in [-0.2, 0) is 16.1 Å². The molecule has 2 aromatic rings. The molecule has 0 aliphatic carbocycles. The van der Waals surface area contributed by atoms with Crippen LogP contribution in [0.4, 0.5) is 5.69 Å². The van der Waals surface area contributed by atoms with E-state index < -0.39 is 11.8 Å². The van der Waals surface area contributed by atoms with Crippen molar-refractivity contribution in [2.45, 2.75) is 20.4 Å². The van der Waals surface area contributed by atoms with Crippen molar-refractivity contribution in [3.8, 4) is 11.8 Å². The summed E-state index contributed by atoms with van der Waals surface area (Å²) in [4.78, 5) is 35.5. The molecule has 0 aliphatic rings. The largest absolute Gasteiger partial charge is 0.483 e. The molecule has 0 saturated carbocycles. The summed E-state index contributed by atoms with van der Waals surface area (Å²) >= 11 is 6.08. The van der Waals surface area contributed by atoms with Gasteiger partial charge in [-0.25, -0.2) is 0 Å². The topological polar surface area (TPSA) is 134 Å².